The highest BCUT2D eigenvalue weighted by Crippen LogP contribution is 2.18. The van der Waals surface area contributed by atoms with Crippen LogP contribution in [0.1, 0.15) is 15.2 Å². The van der Waals surface area contributed by atoms with Gasteiger partial charge in [-0.15, -0.1) is 11.3 Å². The topological polar surface area (TPSA) is 59.2 Å². The van der Waals surface area contributed by atoms with Gasteiger partial charge in [-0.3, -0.25) is 4.79 Å². The summed E-state index contributed by atoms with van der Waals surface area (Å²) in [6.07, 6.45) is 2.26. The third-order valence-corrected chi connectivity index (χ3v) is 3.95. The molecule has 2 aromatic rings. The minimum atomic E-state index is -0.165. The van der Waals surface area contributed by atoms with Crippen molar-refractivity contribution in [1.82, 2.24) is 9.88 Å². The maximum atomic E-state index is 12.2. The standard InChI is InChI=1S/C13H14ClN3OS/c1-17(5-4-10-3-2-6-19-10)13(18)11-7-9(15)8-16-12(11)14/h2-3,6-8H,4-5,15H2,1H3. The van der Waals surface area contributed by atoms with Gasteiger partial charge in [0.15, 0.2) is 0 Å². The molecule has 100 valence electrons. The second-order valence-corrected chi connectivity index (χ2v) is 5.55. The molecule has 0 unspecified atom stereocenters. The molecule has 0 spiro atoms. The van der Waals surface area contributed by atoms with Crippen LogP contribution in [0, 0.1) is 0 Å². The van der Waals surface area contributed by atoms with Crippen molar-refractivity contribution in [2.75, 3.05) is 19.3 Å². The molecule has 0 aliphatic heterocycles. The number of likely N-dealkylation sites (N-methyl/N-ethyl adjacent to an activating group) is 1. The minimum Gasteiger partial charge on any atom is -0.397 e. The SMILES string of the molecule is CN(CCc1cccs1)C(=O)c1cc(N)cnc1Cl. The van der Waals surface area contributed by atoms with Crippen LogP contribution in [-0.4, -0.2) is 29.4 Å². The zero-order valence-electron chi connectivity index (χ0n) is 10.5. The molecular formula is C13H14ClN3OS. The Hall–Kier alpha value is -1.59. The monoisotopic (exact) mass is 295 g/mol. The molecule has 19 heavy (non-hydrogen) atoms. The van der Waals surface area contributed by atoms with E-state index in [2.05, 4.69) is 11.1 Å². The summed E-state index contributed by atoms with van der Waals surface area (Å²) < 4.78 is 0. The van der Waals surface area contributed by atoms with E-state index in [1.165, 1.54) is 11.1 Å². The number of nitrogens with two attached hydrogens (primary N) is 1. The average Bonchev–Trinajstić information content (AvgIpc) is 2.91. The third kappa shape index (κ3) is 3.45. The quantitative estimate of drug-likeness (QED) is 0.882. The number of carbonyl (C=O) groups excluding carboxylic acids is 1. The molecule has 0 saturated heterocycles. The molecule has 2 aromatic heterocycles. The number of nitrogen functional groups attached to an aromatic ring is 1. The van der Waals surface area contributed by atoms with Gasteiger partial charge in [-0.2, -0.15) is 0 Å². The number of aromatic nitrogens is 1. The molecule has 0 atom stereocenters. The molecule has 4 nitrogen and oxygen atoms in total. The Morgan fingerprint density at radius 1 is 1.58 bits per heavy atom. The molecule has 0 fully saturated rings. The van der Waals surface area contributed by atoms with Gasteiger partial charge in [-0.25, -0.2) is 4.98 Å². The van der Waals surface area contributed by atoms with Crippen LogP contribution >= 0.6 is 22.9 Å². The Balaban J connectivity index is 2.04. The Labute approximate surface area is 120 Å². The molecule has 2 heterocycles. The second-order valence-electron chi connectivity index (χ2n) is 4.16. The van der Waals surface area contributed by atoms with Gasteiger partial charge in [-0.1, -0.05) is 17.7 Å². The summed E-state index contributed by atoms with van der Waals surface area (Å²) in [5.41, 5.74) is 6.40. The maximum absolute atomic E-state index is 12.2. The van der Waals surface area contributed by atoms with Crippen molar-refractivity contribution >= 4 is 34.5 Å². The van der Waals surface area contributed by atoms with Crippen LogP contribution in [0.5, 0.6) is 0 Å². The zero-order valence-corrected chi connectivity index (χ0v) is 12.0. The molecule has 2 N–H and O–H groups in total. The molecule has 0 aliphatic carbocycles. The molecule has 1 amide bonds. The lowest BCUT2D eigenvalue weighted by molar-refractivity contribution is 0.0796. The molecule has 0 bridgehead atoms. The second kappa shape index (κ2) is 6.04. The fraction of sp³-hybridized carbons (Fsp3) is 0.231. The van der Waals surface area contributed by atoms with Crippen LogP contribution in [0.15, 0.2) is 29.8 Å². The Kier molecular flexibility index (Phi) is 4.39. The zero-order chi connectivity index (χ0) is 13.8. The van der Waals surface area contributed by atoms with Crippen LogP contribution in [0.4, 0.5) is 5.69 Å². The van der Waals surface area contributed by atoms with Gasteiger partial charge in [0, 0.05) is 18.5 Å². The fourth-order valence-corrected chi connectivity index (χ4v) is 2.54. The highest BCUT2D eigenvalue weighted by molar-refractivity contribution is 7.09. The van der Waals surface area contributed by atoms with E-state index < -0.39 is 0 Å². The van der Waals surface area contributed by atoms with Gasteiger partial charge in [0.1, 0.15) is 5.15 Å². The number of anilines is 1. The average molecular weight is 296 g/mol. The first-order valence-electron chi connectivity index (χ1n) is 5.77. The number of halogens is 1. The van der Waals surface area contributed by atoms with Crippen LogP contribution < -0.4 is 5.73 Å². The summed E-state index contributed by atoms with van der Waals surface area (Å²) in [6.45, 7) is 0.629. The number of hydrogen-bond acceptors (Lipinski definition) is 4. The van der Waals surface area contributed by atoms with Gasteiger partial charge in [0.2, 0.25) is 0 Å². The summed E-state index contributed by atoms with van der Waals surface area (Å²) in [5.74, 6) is -0.165. The molecule has 0 radical (unpaired) electrons. The largest absolute Gasteiger partial charge is 0.397 e. The Morgan fingerprint density at radius 3 is 3.05 bits per heavy atom. The van der Waals surface area contributed by atoms with Crippen molar-refractivity contribution in [3.05, 3.63) is 45.4 Å². The summed E-state index contributed by atoms with van der Waals surface area (Å²) in [7, 11) is 1.75. The van der Waals surface area contributed by atoms with E-state index in [1.54, 1.807) is 29.4 Å². The van der Waals surface area contributed by atoms with Gasteiger partial charge >= 0.3 is 0 Å². The van der Waals surface area contributed by atoms with Crippen molar-refractivity contribution < 1.29 is 4.79 Å². The third-order valence-electron chi connectivity index (χ3n) is 2.71. The summed E-state index contributed by atoms with van der Waals surface area (Å²) in [6, 6.07) is 5.61. The van der Waals surface area contributed by atoms with Crippen molar-refractivity contribution in [3.63, 3.8) is 0 Å². The van der Waals surface area contributed by atoms with E-state index in [9.17, 15) is 4.79 Å². The van der Waals surface area contributed by atoms with Gasteiger partial charge in [0.05, 0.1) is 17.4 Å². The van der Waals surface area contributed by atoms with Crippen molar-refractivity contribution in [1.29, 1.82) is 0 Å². The number of nitrogens with zero attached hydrogens (tertiary/aromatic N) is 2. The lowest BCUT2D eigenvalue weighted by atomic mass is 10.2. The lowest BCUT2D eigenvalue weighted by Gasteiger charge is -2.17. The predicted molar refractivity (Wildman–Crippen MR) is 78.6 cm³/mol. The predicted octanol–water partition coefficient (Wildman–Crippen LogP) is 2.69. The van der Waals surface area contributed by atoms with E-state index in [1.807, 2.05) is 11.4 Å². The van der Waals surface area contributed by atoms with Gasteiger partial charge < -0.3 is 10.6 Å². The van der Waals surface area contributed by atoms with Crippen LogP contribution in [0.3, 0.4) is 0 Å². The van der Waals surface area contributed by atoms with Crippen LogP contribution in [0.2, 0.25) is 5.15 Å². The normalized spacial score (nSPS) is 10.4. The van der Waals surface area contributed by atoms with Gasteiger partial charge in [0.25, 0.3) is 5.91 Å². The highest BCUT2D eigenvalue weighted by Gasteiger charge is 2.16. The van der Waals surface area contributed by atoms with E-state index in [0.29, 0.717) is 17.8 Å². The van der Waals surface area contributed by atoms with Crippen LogP contribution in [0.25, 0.3) is 0 Å². The molecular weight excluding hydrogens is 282 g/mol. The van der Waals surface area contributed by atoms with E-state index in [0.717, 1.165) is 6.42 Å². The number of carbonyl (C=O) groups is 1. The van der Waals surface area contributed by atoms with Crippen LogP contribution in [-0.2, 0) is 6.42 Å². The minimum absolute atomic E-state index is 0.165. The van der Waals surface area contributed by atoms with Crippen molar-refractivity contribution in [3.8, 4) is 0 Å². The molecule has 6 heteroatoms. The number of rotatable bonds is 4. The first-order valence-corrected chi connectivity index (χ1v) is 7.02. The summed E-state index contributed by atoms with van der Waals surface area (Å²) >= 11 is 7.60. The van der Waals surface area contributed by atoms with E-state index in [4.69, 9.17) is 17.3 Å². The smallest absolute Gasteiger partial charge is 0.256 e. The summed E-state index contributed by atoms with van der Waals surface area (Å²) in [4.78, 5) is 19.0. The van der Waals surface area contributed by atoms with Crippen molar-refractivity contribution in [2.24, 2.45) is 0 Å². The lowest BCUT2D eigenvalue weighted by Crippen LogP contribution is -2.29. The Morgan fingerprint density at radius 2 is 2.37 bits per heavy atom. The Bertz CT molecular complexity index is 571. The first kappa shape index (κ1) is 13.8. The summed E-state index contributed by atoms with van der Waals surface area (Å²) in [5, 5.41) is 2.21. The number of amides is 1. The van der Waals surface area contributed by atoms with E-state index in [-0.39, 0.29) is 11.1 Å². The first-order chi connectivity index (χ1) is 9.08. The number of thiophene rings is 1. The van der Waals surface area contributed by atoms with E-state index >= 15 is 0 Å². The maximum Gasteiger partial charge on any atom is 0.256 e. The molecule has 0 saturated carbocycles. The van der Waals surface area contributed by atoms with Gasteiger partial charge in [-0.05, 0) is 23.9 Å². The molecule has 0 aliphatic rings. The molecule has 2 rings (SSSR count). The highest BCUT2D eigenvalue weighted by atomic mass is 35.5. The van der Waals surface area contributed by atoms with Crippen molar-refractivity contribution in [2.45, 2.75) is 6.42 Å². The fourth-order valence-electron chi connectivity index (χ4n) is 1.65. The molecule has 0 aromatic carbocycles. The number of hydrogen-bond donors (Lipinski definition) is 1. The number of pyridine rings is 1.